The maximum Gasteiger partial charge on any atom is 0.354 e. The number of methoxy groups -OCH3 is 1. The molecule has 2 aromatic rings. The molecule has 1 N–H and O–H groups in total. The Balaban J connectivity index is 1.71. The Kier molecular flexibility index (Phi) is 7.17. The summed E-state index contributed by atoms with van der Waals surface area (Å²) in [5.74, 6) is -0.0604. The van der Waals surface area contributed by atoms with Gasteiger partial charge in [-0.05, 0) is 51.5 Å². The van der Waals surface area contributed by atoms with Crippen LogP contribution in [0.5, 0.6) is 5.75 Å². The van der Waals surface area contributed by atoms with Crippen LogP contribution in [0, 0.1) is 6.92 Å². The van der Waals surface area contributed by atoms with Crippen LogP contribution >= 0.6 is 0 Å². The van der Waals surface area contributed by atoms with Crippen LogP contribution in [0.15, 0.2) is 35.5 Å². The Bertz CT molecular complexity index is 1010. The van der Waals surface area contributed by atoms with E-state index in [0.29, 0.717) is 17.2 Å². The van der Waals surface area contributed by atoms with Gasteiger partial charge in [0.1, 0.15) is 11.4 Å². The van der Waals surface area contributed by atoms with E-state index in [4.69, 9.17) is 14.3 Å². The number of hydrogen-bond donors (Lipinski definition) is 1. The average Bonchev–Trinajstić information content (AvgIpc) is 3.37. The molecule has 0 saturated heterocycles. The second-order valence-electron chi connectivity index (χ2n) is 8.06. The summed E-state index contributed by atoms with van der Waals surface area (Å²) >= 11 is 0. The third-order valence-corrected chi connectivity index (χ3v) is 5.14. The largest absolute Gasteiger partial charge is 0.497 e. The molecule has 2 heterocycles. The molecule has 0 fully saturated rings. The van der Waals surface area contributed by atoms with E-state index >= 15 is 0 Å². The zero-order chi connectivity index (χ0) is 23.3. The summed E-state index contributed by atoms with van der Waals surface area (Å²) in [4.78, 5) is 31.2. The first-order valence-electron chi connectivity index (χ1n) is 10.7. The van der Waals surface area contributed by atoms with Crippen molar-refractivity contribution in [2.24, 2.45) is 5.16 Å². The first-order chi connectivity index (χ1) is 15.3. The molecular weight excluding hydrogens is 412 g/mol. The Hall–Kier alpha value is -3.36. The molecule has 172 valence electrons. The number of nitrogens with zero attached hydrogens (tertiary/aromatic N) is 3. The monoisotopic (exact) mass is 442 g/mol. The minimum absolute atomic E-state index is 0.0518. The van der Waals surface area contributed by atoms with E-state index in [-0.39, 0.29) is 37.9 Å². The summed E-state index contributed by atoms with van der Waals surface area (Å²) in [5.41, 5.74) is 1.38. The van der Waals surface area contributed by atoms with Crippen molar-refractivity contribution in [3.63, 3.8) is 0 Å². The fourth-order valence-electron chi connectivity index (χ4n) is 3.64. The maximum atomic E-state index is 12.8. The average molecular weight is 443 g/mol. The van der Waals surface area contributed by atoms with Crippen LogP contribution in [0.2, 0.25) is 0 Å². The van der Waals surface area contributed by atoms with Gasteiger partial charge >= 0.3 is 5.97 Å². The number of carbonyl (C=O) groups excluding carboxylic acids is 2. The molecule has 1 aromatic carbocycles. The van der Waals surface area contributed by atoms with E-state index < -0.39 is 11.6 Å². The standard InChI is InChI=1S/C23H30N4O5/c1-6-31-22(29)23(12-17-8-7-9-19(11-17)30-5)13-18(26-32-23)14-24-21(28)20-10-16(4)25-27(20)15(2)3/h7-11,15H,6,12-14H2,1-5H3,(H,24,28). The van der Waals surface area contributed by atoms with Gasteiger partial charge in [0.15, 0.2) is 0 Å². The van der Waals surface area contributed by atoms with Gasteiger partial charge in [0.05, 0.1) is 31.7 Å². The number of esters is 1. The number of amides is 1. The highest BCUT2D eigenvalue weighted by Crippen LogP contribution is 2.31. The van der Waals surface area contributed by atoms with Gasteiger partial charge in [0, 0.05) is 18.9 Å². The molecule has 1 aliphatic heterocycles. The predicted octanol–water partition coefficient (Wildman–Crippen LogP) is 2.83. The Labute approximate surface area is 187 Å². The van der Waals surface area contributed by atoms with Crippen molar-refractivity contribution in [1.82, 2.24) is 15.1 Å². The van der Waals surface area contributed by atoms with Gasteiger partial charge in [-0.1, -0.05) is 17.3 Å². The Morgan fingerprint density at radius 1 is 1.31 bits per heavy atom. The van der Waals surface area contributed by atoms with Crippen LogP contribution in [0.3, 0.4) is 0 Å². The number of oxime groups is 1. The highest BCUT2D eigenvalue weighted by atomic mass is 16.7. The van der Waals surface area contributed by atoms with Crippen LogP contribution in [-0.4, -0.2) is 53.2 Å². The van der Waals surface area contributed by atoms with E-state index in [1.54, 1.807) is 24.8 Å². The third-order valence-electron chi connectivity index (χ3n) is 5.14. The number of rotatable bonds is 9. The smallest absolute Gasteiger partial charge is 0.354 e. The first-order valence-corrected chi connectivity index (χ1v) is 10.7. The molecule has 0 aliphatic carbocycles. The van der Waals surface area contributed by atoms with Gasteiger partial charge in [0.2, 0.25) is 5.60 Å². The third kappa shape index (κ3) is 5.09. The van der Waals surface area contributed by atoms with Gasteiger partial charge in [-0.2, -0.15) is 5.10 Å². The minimum atomic E-state index is -1.28. The quantitative estimate of drug-likeness (QED) is 0.599. The van der Waals surface area contributed by atoms with Crippen LogP contribution in [0.1, 0.15) is 55.0 Å². The normalized spacial score (nSPS) is 17.6. The lowest BCUT2D eigenvalue weighted by Gasteiger charge is -2.24. The van der Waals surface area contributed by atoms with Gasteiger partial charge < -0.3 is 19.6 Å². The van der Waals surface area contributed by atoms with Gasteiger partial charge in [0.25, 0.3) is 5.91 Å². The predicted molar refractivity (Wildman–Crippen MR) is 119 cm³/mol. The van der Waals surface area contributed by atoms with Gasteiger partial charge in [-0.25, -0.2) is 4.79 Å². The van der Waals surface area contributed by atoms with E-state index in [0.717, 1.165) is 11.3 Å². The molecule has 3 rings (SSSR count). The lowest BCUT2D eigenvalue weighted by atomic mass is 9.89. The SMILES string of the molecule is CCOC(=O)C1(Cc2cccc(OC)c2)CC(CNC(=O)c2cc(C)nn2C(C)C)=NO1. The zero-order valence-electron chi connectivity index (χ0n) is 19.2. The lowest BCUT2D eigenvalue weighted by molar-refractivity contribution is -0.168. The summed E-state index contributed by atoms with van der Waals surface area (Å²) < 4.78 is 12.2. The Morgan fingerprint density at radius 3 is 2.78 bits per heavy atom. The number of ether oxygens (including phenoxy) is 2. The van der Waals surface area contributed by atoms with Crippen LogP contribution in [-0.2, 0) is 20.8 Å². The van der Waals surface area contributed by atoms with E-state index in [9.17, 15) is 9.59 Å². The van der Waals surface area contributed by atoms with Crippen LogP contribution in [0.4, 0.5) is 0 Å². The first kappa shape index (κ1) is 23.3. The lowest BCUT2D eigenvalue weighted by Crippen LogP contribution is -2.43. The summed E-state index contributed by atoms with van der Waals surface area (Å²) in [6.45, 7) is 7.90. The highest BCUT2D eigenvalue weighted by molar-refractivity contribution is 5.99. The van der Waals surface area contributed by atoms with Gasteiger partial charge in [-0.15, -0.1) is 0 Å². The molecule has 0 radical (unpaired) electrons. The molecule has 1 aromatic heterocycles. The second-order valence-corrected chi connectivity index (χ2v) is 8.06. The molecule has 9 heteroatoms. The molecule has 9 nitrogen and oxygen atoms in total. The summed E-state index contributed by atoms with van der Waals surface area (Å²) in [7, 11) is 1.59. The fourth-order valence-corrected chi connectivity index (χ4v) is 3.64. The summed E-state index contributed by atoms with van der Waals surface area (Å²) in [6, 6.07) is 9.21. The molecule has 0 spiro atoms. The zero-order valence-corrected chi connectivity index (χ0v) is 19.2. The maximum absolute atomic E-state index is 12.8. The summed E-state index contributed by atoms with van der Waals surface area (Å²) in [6.07, 6.45) is 0.481. The topological polar surface area (TPSA) is 104 Å². The molecular formula is C23H30N4O5. The number of nitrogens with one attached hydrogen (secondary N) is 1. The number of aryl methyl sites for hydroxylation is 1. The molecule has 0 bridgehead atoms. The molecule has 1 aliphatic rings. The number of aromatic nitrogens is 2. The summed E-state index contributed by atoms with van der Waals surface area (Å²) in [5, 5.41) is 11.3. The Morgan fingerprint density at radius 2 is 2.09 bits per heavy atom. The molecule has 32 heavy (non-hydrogen) atoms. The fraction of sp³-hybridized carbons (Fsp3) is 0.478. The molecule has 1 unspecified atom stereocenters. The molecule has 1 atom stereocenters. The van der Waals surface area contributed by atoms with Crippen molar-refractivity contribution in [2.45, 2.75) is 52.2 Å². The van der Waals surface area contributed by atoms with Crippen molar-refractivity contribution in [3.8, 4) is 5.75 Å². The number of hydrogen-bond acceptors (Lipinski definition) is 7. The van der Waals surface area contributed by atoms with Crippen LogP contribution in [0.25, 0.3) is 0 Å². The molecule has 0 saturated carbocycles. The van der Waals surface area contributed by atoms with Crippen molar-refractivity contribution in [1.29, 1.82) is 0 Å². The van der Waals surface area contributed by atoms with Crippen molar-refractivity contribution in [3.05, 3.63) is 47.3 Å². The van der Waals surface area contributed by atoms with E-state index in [2.05, 4.69) is 15.6 Å². The van der Waals surface area contributed by atoms with E-state index in [1.165, 1.54) is 0 Å². The van der Waals surface area contributed by atoms with E-state index in [1.807, 2.05) is 45.0 Å². The number of carbonyl (C=O) groups is 2. The van der Waals surface area contributed by atoms with Crippen molar-refractivity contribution >= 4 is 17.6 Å². The second kappa shape index (κ2) is 9.84. The minimum Gasteiger partial charge on any atom is -0.497 e. The van der Waals surface area contributed by atoms with Gasteiger partial charge in [-0.3, -0.25) is 9.48 Å². The van der Waals surface area contributed by atoms with Crippen molar-refractivity contribution in [2.75, 3.05) is 20.3 Å². The molecule has 1 amide bonds. The number of benzene rings is 1. The van der Waals surface area contributed by atoms with Crippen molar-refractivity contribution < 1.29 is 23.9 Å². The van der Waals surface area contributed by atoms with Crippen LogP contribution < -0.4 is 10.1 Å². The highest BCUT2D eigenvalue weighted by Gasteiger charge is 2.48.